The maximum absolute atomic E-state index is 12.3. The van der Waals surface area contributed by atoms with Gasteiger partial charge in [0.15, 0.2) is 5.78 Å². The van der Waals surface area contributed by atoms with Crippen LogP contribution in [0.5, 0.6) is 0 Å². The number of rotatable bonds is 6. The van der Waals surface area contributed by atoms with Crippen LogP contribution < -0.4 is 0 Å². The minimum Gasteiger partial charge on any atom is -0.294 e. The van der Waals surface area contributed by atoms with Gasteiger partial charge in [0, 0.05) is 21.9 Å². The van der Waals surface area contributed by atoms with Crippen molar-refractivity contribution in [3.63, 3.8) is 0 Å². The summed E-state index contributed by atoms with van der Waals surface area (Å²) in [6.45, 7) is -0.261. The summed E-state index contributed by atoms with van der Waals surface area (Å²) in [6, 6.07) is 15.6. The van der Waals surface area contributed by atoms with Gasteiger partial charge in [0.2, 0.25) is 6.54 Å². The van der Waals surface area contributed by atoms with Crippen molar-refractivity contribution in [2.75, 3.05) is 6.54 Å². The molecule has 5 heteroatoms. The van der Waals surface area contributed by atoms with Gasteiger partial charge < -0.3 is 0 Å². The van der Waals surface area contributed by atoms with E-state index in [2.05, 4.69) is 0 Å². The third kappa shape index (κ3) is 4.39. The number of benzene rings is 2. The predicted molar refractivity (Wildman–Crippen MR) is 81.4 cm³/mol. The molecule has 0 saturated heterocycles. The first-order valence-corrected chi connectivity index (χ1v) is 6.89. The van der Waals surface area contributed by atoms with E-state index < -0.39 is 5.92 Å². The maximum atomic E-state index is 12.3. The largest absolute Gasteiger partial charge is 0.294 e. The molecule has 0 bridgehead atoms. The lowest BCUT2D eigenvalue weighted by molar-refractivity contribution is -0.483. The molecule has 0 unspecified atom stereocenters. The van der Waals surface area contributed by atoms with Gasteiger partial charge in [0.05, 0.1) is 5.92 Å². The molecule has 0 aromatic heterocycles. The number of halogens is 1. The van der Waals surface area contributed by atoms with Crippen LogP contribution in [0.2, 0.25) is 5.02 Å². The molecule has 0 N–H and O–H groups in total. The Kier molecular flexibility index (Phi) is 5.06. The van der Waals surface area contributed by atoms with E-state index in [1.165, 1.54) is 0 Å². The summed E-state index contributed by atoms with van der Waals surface area (Å²) in [5, 5.41) is 11.4. The Morgan fingerprint density at radius 2 is 1.71 bits per heavy atom. The van der Waals surface area contributed by atoms with Crippen molar-refractivity contribution in [3.05, 3.63) is 80.9 Å². The second kappa shape index (κ2) is 6.99. The SMILES string of the molecule is O=C(C[C@H](C[N+](=O)[O-])c1ccccc1)c1ccc(Cl)cc1. The Labute approximate surface area is 127 Å². The van der Waals surface area contributed by atoms with Crippen LogP contribution in [0.25, 0.3) is 0 Å². The smallest absolute Gasteiger partial charge is 0.211 e. The number of carbonyl (C=O) groups is 1. The van der Waals surface area contributed by atoms with E-state index in [4.69, 9.17) is 11.6 Å². The summed E-state index contributed by atoms with van der Waals surface area (Å²) >= 11 is 5.79. The highest BCUT2D eigenvalue weighted by atomic mass is 35.5. The van der Waals surface area contributed by atoms with Crippen molar-refractivity contribution in [2.45, 2.75) is 12.3 Å². The molecule has 0 aliphatic heterocycles. The summed E-state index contributed by atoms with van der Waals surface area (Å²) in [5.74, 6) is -0.549. The summed E-state index contributed by atoms with van der Waals surface area (Å²) in [5.41, 5.74) is 1.32. The first-order chi connectivity index (χ1) is 10.1. The number of hydrogen-bond acceptors (Lipinski definition) is 3. The van der Waals surface area contributed by atoms with Gasteiger partial charge in [-0.05, 0) is 29.8 Å². The van der Waals surface area contributed by atoms with E-state index in [1.807, 2.05) is 30.3 Å². The molecular formula is C16H14ClNO3. The highest BCUT2D eigenvalue weighted by Gasteiger charge is 2.22. The van der Waals surface area contributed by atoms with E-state index in [9.17, 15) is 14.9 Å². The van der Waals surface area contributed by atoms with Gasteiger partial charge in [0.25, 0.3) is 0 Å². The maximum Gasteiger partial charge on any atom is 0.211 e. The van der Waals surface area contributed by atoms with Crippen molar-refractivity contribution >= 4 is 17.4 Å². The Hall–Kier alpha value is -2.20. The fourth-order valence-electron chi connectivity index (χ4n) is 2.17. The van der Waals surface area contributed by atoms with E-state index in [-0.39, 0.29) is 23.7 Å². The Morgan fingerprint density at radius 1 is 1.10 bits per heavy atom. The first kappa shape index (κ1) is 15.2. The lowest BCUT2D eigenvalue weighted by atomic mass is 9.91. The van der Waals surface area contributed by atoms with Gasteiger partial charge in [-0.3, -0.25) is 14.9 Å². The molecule has 2 aromatic rings. The van der Waals surface area contributed by atoms with Gasteiger partial charge >= 0.3 is 0 Å². The fraction of sp³-hybridized carbons (Fsp3) is 0.188. The molecule has 2 rings (SSSR count). The zero-order valence-corrected chi connectivity index (χ0v) is 12.0. The minimum absolute atomic E-state index is 0.104. The molecule has 2 aromatic carbocycles. The molecule has 0 spiro atoms. The van der Waals surface area contributed by atoms with Crippen LogP contribution in [-0.2, 0) is 0 Å². The second-order valence-electron chi connectivity index (χ2n) is 4.76. The van der Waals surface area contributed by atoms with Gasteiger partial charge in [0.1, 0.15) is 0 Å². The zero-order valence-electron chi connectivity index (χ0n) is 11.2. The van der Waals surface area contributed by atoms with E-state index >= 15 is 0 Å². The Bertz CT molecular complexity index is 626. The van der Waals surface area contributed by atoms with E-state index in [1.54, 1.807) is 24.3 Å². The summed E-state index contributed by atoms with van der Waals surface area (Å²) in [7, 11) is 0. The van der Waals surface area contributed by atoms with Crippen LogP contribution in [-0.4, -0.2) is 17.3 Å². The summed E-state index contributed by atoms with van der Waals surface area (Å²) in [6.07, 6.45) is 0.104. The molecular weight excluding hydrogens is 290 g/mol. The van der Waals surface area contributed by atoms with Crippen LogP contribution in [0.4, 0.5) is 0 Å². The number of ketones is 1. The van der Waals surface area contributed by atoms with Crippen LogP contribution in [0, 0.1) is 10.1 Å². The molecule has 0 aliphatic carbocycles. The third-order valence-electron chi connectivity index (χ3n) is 3.24. The highest BCUT2D eigenvalue weighted by Crippen LogP contribution is 2.22. The van der Waals surface area contributed by atoms with Crippen LogP contribution in [0.1, 0.15) is 28.3 Å². The summed E-state index contributed by atoms with van der Waals surface area (Å²) in [4.78, 5) is 22.7. The molecule has 0 fully saturated rings. The van der Waals surface area contributed by atoms with Crippen molar-refractivity contribution in [1.29, 1.82) is 0 Å². The van der Waals surface area contributed by atoms with Crippen molar-refractivity contribution in [1.82, 2.24) is 0 Å². The number of Topliss-reactive ketones (excluding diaryl/α,β-unsaturated/α-hetero) is 1. The van der Waals surface area contributed by atoms with Gasteiger partial charge in [-0.15, -0.1) is 0 Å². The number of nitro groups is 1. The quantitative estimate of drug-likeness (QED) is 0.461. The standard InChI is InChI=1S/C16H14ClNO3/c17-15-8-6-13(7-9-15)16(19)10-14(11-18(20)21)12-4-2-1-3-5-12/h1-9,14H,10-11H2/t14-/m1/s1. The summed E-state index contributed by atoms with van der Waals surface area (Å²) < 4.78 is 0. The Morgan fingerprint density at radius 3 is 2.29 bits per heavy atom. The monoisotopic (exact) mass is 303 g/mol. The van der Waals surface area contributed by atoms with Crippen LogP contribution in [0.15, 0.2) is 54.6 Å². The Balaban J connectivity index is 2.17. The normalized spacial score (nSPS) is 11.9. The lowest BCUT2D eigenvalue weighted by Gasteiger charge is -2.12. The zero-order chi connectivity index (χ0) is 15.2. The van der Waals surface area contributed by atoms with Crippen molar-refractivity contribution in [2.24, 2.45) is 0 Å². The second-order valence-corrected chi connectivity index (χ2v) is 5.19. The molecule has 1 atom stereocenters. The lowest BCUT2D eigenvalue weighted by Crippen LogP contribution is -2.16. The molecule has 21 heavy (non-hydrogen) atoms. The van der Waals surface area contributed by atoms with E-state index in [0.717, 1.165) is 5.56 Å². The molecule has 0 heterocycles. The molecule has 0 amide bonds. The molecule has 0 aliphatic rings. The third-order valence-corrected chi connectivity index (χ3v) is 3.49. The fourth-order valence-corrected chi connectivity index (χ4v) is 2.30. The number of carbonyl (C=O) groups excluding carboxylic acids is 1. The topological polar surface area (TPSA) is 60.2 Å². The van der Waals surface area contributed by atoms with Crippen molar-refractivity contribution in [3.8, 4) is 0 Å². The average molecular weight is 304 g/mol. The first-order valence-electron chi connectivity index (χ1n) is 6.52. The van der Waals surface area contributed by atoms with Crippen LogP contribution >= 0.6 is 11.6 Å². The highest BCUT2D eigenvalue weighted by molar-refractivity contribution is 6.30. The number of hydrogen-bond donors (Lipinski definition) is 0. The molecule has 4 nitrogen and oxygen atoms in total. The number of nitrogens with zero attached hydrogens (tertiary/aromatic N) is 1. The molecule has 108 valence electrons. The average Bonchev–Trinajstić information content (AvgIpc) is 2.47. The molecule has 0 radical (unpaired) electrons. The molecule has 0 saturated carbocycles. The van der Waals surface area contributed by atoms with Gasteiger partial charge in [-0.1, -0.05) is 41.9 Å². The van der Waals surface area contributed by atoms with Crippen LogP contribution in [0.3, 0.4) is 0 Å². The van der Waals surface area contributed by atoms with Gasteiger partial charge in [-0.25, -0.2) is 0 Å². The van der Waals surface area contributed by atoms with Gasteiger partial charge in [-0.2, -0.15) is 0 Å². The minimum atomic E-state index is -0.427. The van der Waals surface area contributed by atoms with E-state index in [0.29, 0.717) is 10.6 Å². The predicted octanol–water partition coefficient (Wildman–Crippen LogP) is 3.97. The van der Waals surface area contributed by atoms with Crippen molar-refractivity contribution < 1.29 is 9.72 Å².